The van der Waals surface area contributed by atoms with Crippen LogP contribution in [0.3, 0.4) is 0 Å². The van der Waals surface area contributed by atoms with Crippen LogP contribution < -0.4 is 14.8 Å². The summed E-state index contributed by atoms with van der Waals surface area (Å²) >= 11 is 0. The summed E-state index contributed by atoms with van der Waals surface area (Å²) < 4.78 is 13.0. The molecule has 3 aromatic carbocycles. The van der Waals surface area contributed by atoms with Crippen LogP contribution in [0.15, 0.2) is 66.9 Å². The molecule has 1 aliphatic heterocycles. The Hall–Kier alpha value is -3.90. The third-order valence-electron chi connectivity index (χ3n) is 6.14. The molecule has 0 aliphatic carbocycles. The molecule has 0 saturated carbocycles. The van der Waals surface area contributed by atoms with E-state index in [1.54, 1.807) is 14.2 Å². The number of methoxy groups -OCH3 is 2. The molecule has 0 fully saturated rings. The van der Waals surface area contributed by atoms with Crippen molar-refractivity contribution in [3.8, 4) is 28.4 Å². The third kappa shape index (κ3) is 2.84. The number of rotatable bonds is 4. The molecule has 6 heteroatoms. The zero-order valence-corrected chi connectivity index (χ0v) is 17.9. The van der Waals surface area contributed by atoms with Gasteiger partial charge in [0.2, 0.25) is 0 Å². The summed E-state index contributed by atoms with van der Waals surface area (Å²) in [5, 5.41) is 10.6. The van der Waals surface area contributed by atoms with Gasteiger partial charge in [-0.2, -0.15) is 5.10 Å². The zero-order chi connectivity index (χ0) is 21.7. The minimum Gasteiger partial charge on any atom is -0.493 e. The first-order valence-electron chi connectivity index (χ1n) is 10.6. The van der Waals surface area contributed by atoms with Crippen molar-refractivity contribution in [2.24, 2.45) is 0 Å². The van der Waals surface area contributed by atoms with Gasteiger partial charge in [-0.3, -0.25) is 4.98 Å². The molecule has 1 aliphatic rings. The summed E-state index contributed by atoms with van der Waals surface area (Å²) in [6, 6.07) is 20.7. The molecule has 6 rings (SSSR count). The molecular weight excluding hydrogens is 400 g/mol. The van der Waals surface area contributed by atoms with E-state index in [-0.39, 0.29) is 0 Å². The van der Waals surface area contributed by atoms with E-state index in [2.05, 4.69) is 29.6 Å². The van der Waals surface area contributed by atoms with Gasteiger partial charge in [-0.25, -0.2) is 4.68 Å². The van der Waals surface area contributed by atoms with Crippen LogP contribution in [0, 0.1) is 0 Å². The highest BCUT2D eigenvalue weighted by Crippen LogP contribution is 2.37. The predicted molar refractivity (Wildman–Crippen MR) is 125 cm³/mol. The maximum atomic E-state index is 5.54. The SMILES string of the molecule is COc1ccc(-c2nn(-c3ccc4c(c3)CNC4)c3c2cnc2ccccc23)cc1OC. The average Bonchev–Trinajstić information content (AvgIpc) is 3.48. The van der Waals surface area contributed by atoms with Crippen molar-refractivity contribution in [2.75, 3.05) is 14.2 Å². The van der Waals surface area contributed by atoms with E-state index >= 15 is 0 Å². The Labute approximate surface area is 185 Å². The van der Waals surface area contributed by atoms with Gasteiger partial charge in [0, 0.05) is 35.6 Å². The third-order valence-corrected chi connectivity index (χ3v) is 6.14. The number of benzene rings is 3. The second-order valence-corrected chi connectivity index (χ2v) is 7.92. The lowest BCUT2D eigenvalue weighted by molar-refractivity contribution is 0.355. The number of hydrogen-bond donors (Lipinski definition) is 1. The van der Waals surface area contributed by atoms with E-state index in [0.29, 0.717) is 11.5 Å². The highest BCUT2D eigenvalue weighted by molar-refractivity contribution is 6.08. The number of ether oxygens (including phenoxy) is 2. The number of para-hydroxylation sites is 1. The smallest absolute Gasteiger partial charge is 0.161 e. The van der Waals surface area contributed by atoms with Gasteiger partial charge in [-0.1, -0.05) is 24.3 Å². The molecule has 158 valence electrons. The number of nitrogens with one attached hydrogen (secondary N) is 1. The van der Waals surface area contributed by atoms with Gasteiger partial charge in [0.05, 0.1) is 30.9 Å². The van der Waals surface area contributed by atoms with Crippen LogP contribution in [0.4, 0.5) is 0 Å². The van der Waals surface area contributed by atoms with Gasteiger partial charge < -0.3 is 14.8 Å². The van der Waals surface area contributed by atoms with E-state index in [1.807, 2.05) is 47.3 Å². The molecule has 0 unspecified atom stereocenters. The van der Waals surface area contributed by atoms with Gasteiger partial charge in [0.25, 0.3) is 0 Å². The van der Waals surface area contributed by atoms with Crippen molar-refractivity contribution in [2.45, 2.75) is 13.1 Å². The summed E-state index contributed by atoms with van der Waals surface area (Å²) in [5.74, 6) is 1.36. The molecule has 32 heavy (non-hydrogen) atoms. The van der Waals surface area contributed by atoms with Crippen molar-refractivity contribution >= 4 is 21.8 Å². The minimum absolute atomic E-state index is 0.671. The summed E-state index contributed by atoms with van der Waals surface area (Å²) in [6.45, 7) is 1.80. The second-order valence-electron chi connectivity index (χ2n) is 7.92. The average molecular weight is 422 g/mol. The Bertz CT molecular complexity index is 1490. The quantitative estimate of drug-likeness (QED) is 0.448. The van der Waals surface area contributed by atoms with E-state index in [0.717, 1.165) is 51.8 Å². The van der Waals surface area contributed by atoms with E-state index in [9.17, 15) is 0 Å². The maximum absolute atomic E-state index is 5.54. The number of fused-ring (bicyclic) bond motifs is 4. The molecule has 0 radical (unpaired) electrons. The number of hydrogen-bond acceptors (Lipinski definition) is 5. The molecule has 0 atom stereocenters. The van der Waals surface area contributed by atoms with Gasteiger partial charge in [-0.15, -0.1) is 0 Å². The van der Waals surface area contributed by atoms with Gasteiger partial charge >= 0.3 is 0 Å². The lowest BCUT2D eigenvalue weighted by Crippen LogP contribution is -2.00. The van der Waals surface area contributed by atoms with Crippen LogP contribution in [-0.4, -0.2) is 29.0 Å². The molecule has 6 nitrogen and oxygen atoms in total. The van der Waals surface area contributed by atoms with Crippen molar-refractivity contribution in [1.82, 2.24) is 20.1 Å². The van der Waals surface area contributed by atoms with Crippen LogP contribution in [0.25, 0.3) is 38.8 Å². The summed E-state index contributed by atoms with van der Waals surface area (Å²) in [6.07, 6.45) is 1.92. The molecule has 0 spiro atoms. The Morgan fingerprint density at radius 1 is 0.844 bits per heavy atom. The summed E-state index contributed by atoms with van der Waals surface area (Å²) in [5.41, 5.74) is 7.51. The van der Waals surface area contributed by atoms with Gasteiger partial charge in [-0.05, 0) is 47.5 Å². The Morgan fingerprint density at radius 2 is 1.69 bits per heavy atom. The first-order chi connectivity index (χ1) is 15.8. The number of pyridine rings is 1. The van der Waals surface area contributed by atoms with E-state index in [4.69, 9.17) is 19.6 Å². The van der Waals surface area contributed by atoms with Crippen molar-refractivity contribution in [3.05, 3.63) is 78.0 Å². The fraction of sp³-hybridized carbons (Fsp3) is 0.154. The zero-order valence-electron chi connectivity index (χ0n) is 17.9. The van der Waals surface area contributed by atoms with Crippen LogP contribution in [0.5, 0.6) is 11.5 Å². The first kappa shape index (κ1) is 18.8. The monoisotopic (exact) mass is 422 g/mol. The topological polar surface area (TPSA) is 61.2 Å². The Kier molecular flexibility index (Phi) is 4.33. The van der Waals surface area contributed by atoms with Crippen molar-refractivity contribution in [3.63, 3.8) is 0 Å². The molecular formula is C26H22N4O2. The van der Waals surface area contributed by atoms with Crippen molar-refractivity contribution in [1.29, 1.82) is 0 Å². The van der Waals surface area contributed by atoms with Crippen LogP contribution in [0.1, 0.15) is 11.1 Å². The number of aromatic nitrogens is 3. The molecule has 0 amide bonds. The van der Waals surface area contributed by atoms with Crippen molar-refractivity contribution < 1.29 is 9.47 Å². The molecule has 1 N–H and O–H groups in total. The minimum atomic E-state index is 0.671. The Balaban J connectivity index is 1.65. The second kappa shape index (κ2) is 7.35. The summed E-state index contributed by atoms with van der Waals surface area (Å²) in [7, 11) is 3.28. The lowest BCUT2D eigenvalue weighted by atomic mass is 10.1. The van der Waals surface area contributed by atoms with Crippen LogP contribution in [-0.2, 0) is 13.1 Å². The normalized spacial score (nSPS) is 12.9. The highest BCUT2D eigenvalue weighted by Gasteiger charge is 2.19. The number of nitrogens with zero attached hydrogens (tertiary/aromatic N) is 3. The Morgan fingerprint density at radius 3 is 2.56 bits per heavy atom. The van der Waals surface area contributed by atoms with Gasteiger partial charge in [0.15, 0.2) is 11.5 Å². The maximum Gasteiger partial charge on any atom is 0.161 e. The molecule has 2 aromatic heterocycles. The first-order valence-corrected chi connectivity index (χ1v) is 10.6. The summed E-state index contributed by atoms with van der Waals surface area (Å²) in [4.78, 5) is 4.72. The fourth-order valence-corrected chi connectivity index (χ4v) is 4.53. The highest BCUT2D eigenvalue weighted by atomic mass is 16.5. The van der Waals surface area contributed by atoms with Gasteiger partial charge in [0.1, 0.15) is 5.69 Å². The van der Waals surface area contributed by atoms with Crippen LogP contribution >= 0.6 is 0 Å². The fourth-order valence-electron chi connectivity index (χ4n) is 4.53. The molecule has 0 bridgehead atoms. The van der Waals surface area contributed by atoms with E-state index in [1.165, 1.54) is 11.1 Å². The largest absolute Gasteiger partial charge is 0.493 e. The molecule has 5 aromatic rings. The molecule has 0 saturated heterocycles. The lowest BCUT2D eigenvalue weighted by Gasteiger charge is -2.08. The molecule has 3 heterocycles. The standard InChI is InChI=1S/C26H22N4O2/c1-31-23-10-8-16(12-24(23)32-2)25-21-15-28-22-6-4-3-5-20(22)26(21)30(29-25)19-9-7-17-13-27-14-18(17)11-19/h3-12,15,27H,13-14H2,1-2H3. The van der Waals surface area contributed by atoms with E-state index < -0.39 is 0 Å². The van der Waals surface area contributed by atoms with Crippen LogP contribution in [0.2, 0.25) is 0 Å². The predicted octanol–water partition coefficient (Wildman–Crippen LogP) is 4.86.